The molecule has 0 aliphatic carbocycles. The monoisotopic (exact) mass is 371 g/mol. The molecule has 4 rings (SSSR count). The van der Waals surface area contributed by atoms with Gasteiger partial charge in [0.1, 0.15) is 5.82 Å². The lowest BCUT2D eigenvalue weighted by Crippen LogP contribution is -2.54. The van der Waals surface area contributed by atoms with Gasteiger partial charge < -0.3 is 4.74 Å². The van der Waals surface area contributed by atoms with E-state index in [1.807, 2.05) is 30.3 Å². The molecule has 0 N–H and O–H groups in total. The van der Waals surface area contributed by atoms with E-state index in [-0.39, 0.29) is 11.9 Å². The first-order chi connectivity index (χ1) is 12.5. The summed E-state index contributed by atoms with van der Waals surface area (Å²) in [7, 11) is -3.51. The van der Waals surface area contributed by atoms with E-state index in [2.05, 4.69) is 0 Å². The standard InChI is InChI=1S/C20H18FNO3S/c21-18-8-5-15(6-9-18)14-25-19-12-22(13-19)26(23,24)20-10-7-16-3-1-2-4-17(16)11-20/h1-11,19H,12-14H2. The van der Waals surface area contributed by atoms with Crippen molar-refractivity contribution in [1.82, 2.24) is 4.31 Å². The number of rotatable bonds is 5. The number of benzene rings is 3. The second kappa shape index (κ2) is 6.79. The molecule has 0 amide bonds. The Labute approximate surface area is 151 Å². The number of nitrogens with zero attached hydrogens (tertiary/aromatic N) is 1. The van der Waals surface area contributed by atoms with Crippen molar-refractivity contribution in [3.05, 3.63) is 78.1 Å². The molecule has 0 radical (unpaired) electrons. The number of hydrogen-bond acceptors (Lipinski definition) is 3. The quantitative estimate of drug-likeness (QED) is 0.689. The molecule has 0 aromatic heterocycles. The molecular formula is C20H18FNO3S. The van der Waals surface area contributed by atoms with E-state index in [9.17, 15) is 12.8 Å². The summed E-state index contributed by atoms with van der Waals surface area (Å²) in [5.41, 5.74) is 0.863. The molecule has 0 unspecified atom stereocenters. The number of ether oxygens (including phenoxy) is 1. The summed E-state index contributed by atoms with van der Waals surface area (Å²) < 4.78 is 45.5. The van der Waals surface area contributed by atoms with Crippen molar-refractivity contribution in [2.75, 3.05) is 13.1 Å². The summed E-state index contributed by atoms with van der Waals surface area (Å²) in [6.45, 7) is 1.00. The van der Waals surface area contributed by atoms with Crippen LogP contribution in [0.4, 0.5) is 4.39 Å². The van der Waals surface area contributed by atoms with E-state index < -0.39 is 10.0 Å². The predicted octanol–water partition coefficient (Wildman–Crippen LogP) is 3.57. The Morgan fingerprint density at radius 1 is 0.962 bits per heavy atom. The molecule has 26 heavy (non-hydrogen) atoms. The van der Waals surface area contributed by atoms with Gasteiger partial charge in [-0.1, -0.05) is 42.5 Å². The van der Waals surface area contributed by atoms with Crippen molar-refractivity contribution >= 4 is 20.8 Å². The van der Waals surface area contributed by atoms with Crippen LogP contribution in [0.25, 0.3) is 10.8 Å². The number of fused-ring (bicyclic) bond motifs is 1. The molecule has 3 aromatic carbocycles. The van der Waals surface area contributed by atoms with E-state index in [0.29, 0.717) is 24.6 Å². The fourth-order valence-electron chi connectivity index (χ4n) is 2.97. The predicted molar refractivity (Wildman–Crippen MR) is 97.7 cm³/mol. The van der Waals surface area contributed by atoms with Gasteiger partial charge in [-0.3, -0.25) is 0 Å². The Bertz CT molecular complexity index is 1030. The molecule has 1 saturated heterocycles. The molecule has 6 heteroatoms. The summed E-state index contributed by atoms with van der Waals surface area (Å²) >= 11 is 0. The van der Waals surface area contributed by atoms with Crippen LogP contribution < -0.4 is 0 Å². The normalized spacial score (nSPS) is 15.9. The minimum atomic E-state index is -3.51. The summed E-state index contributed by atoms with van der Waals surface area (Å²) in [6, 6.07) is 18.9. The molecule has 4 nitrogen and oxygen atoms in total. The van der Waals surface area contributed by atoms with Gasteiger partial charge >= 0.3 is 0 Å². The van der Waals surface area contributed by atoms with Gasteiger partial charge in [0.25, 0.3) is 0 Å². The highest BCUT2D eigenvalue weighted by atomic mass is 32.2. The summed E-state index contributed by atoms with van der Waals surface area (Å²) in [5, 5.41) is 1.91. The first-order valence-corrected chi connectivity index (χ1v) is 9.81. The molecule has 0 atom stereocenters. The van der Waals surface area contributed by atoms with Gasteiger partial charge in [-0.15, -0.1) is 0 Å². The molecule has 1 fully saturated rings. The fourth-order valence-corrected chi connectivity index (χ4v) is 4.51. The third-order valence-corrected chi connectivity index (χ3v) is 6.40. The fraction of sp³-hybridized carbons (Fsp3) is 0.200. The van der Waals surface area contributed by atoms with Gasteiger partial charge in [0, 0.05) is 13.1 Å². The van der Waals surface area contributed by atoms with Crippen LogP contribution in [0.5, 0.6) is 0 Å². The number of hydrogen-bond donors (Lipinski definition) is 0. The SMILES string of the molecule is O=S(=O)(c1ccc2ccccc2c1)N1CC(OCc2ccc(F)cc2)C1. The molecule has 134 valence electrons. The van der Waals surface area contributed by atoms with Gasteiger partial charge in [-0.25, -0.2) is 12.8 Å². The van der Waals surface area contributed by atoms with Crippen molar-refractivity contribution in [3.63, 3.8) is 0 Å². The zero-order valence-corrected chi connectivity index (χ0v) is 14.8. The third kappa shape index (κ3) is 3.35. The summed E-state index contributed by atoms with van der Waals surface area (Å²) in [4.78, 5) is 0.299. The lowest BCUT2D eigenvalue weighted by atomic mass is 10.1. The molecule has 3 aromatic rings. The van der Waals surface area contributed by atoms with E-state index in [4.69, 9.17) is 4.74 Å². The molecule has 1 aliphatic heterocycles. The number of sulfonamides is 1. The maximum atomic E-state index is 12.9. The third-order valence-electron chi connectivity index (χ3n) is 4.57. The van der Waals surface area contributed by atoms with Gasteiger partial charge in [0.05, 0.1) is 17.6 Å². The van der Waals surface area contributed by atoms with E-state index in [0.717, 1.165) is 16.3 Å². The zero-order valence-electron chi connectivity index (χ0n) is 14.0. The van der Waals surface area contributed by atoms with Gasteiger partial charge in [-0.2, -0.15) is 4.31 Å². The Morgan fingerprint density at radius 2 is 1.65 bits per heavy atom. The Kier molecular flexibility index (Phi) is 4.48. The maximum Gasteiger partial charge on any atom is 0.243 e. The topological polar surface area (TPSA) is 46.6 Å². The van der Waals surface area contributed by atoms with Gasteiger partial charge in [-0.05, 0) is 40.6 Å². The van der Waals surface area contributed by atoms with Crippen LogP contribution in [-0.4, -0.2) is 31.9 Å². The number of halogens is 1. The van der Waals surface area contributed by atoms with Crippen LogP contribution >= 0.6 is 0 Å². The average molecular weight is 371 g/mol. The highest BCUT2D eigenvalue weighted by molar-refractivity contribution is 7.89. The largest absolute Gasteiger partial charge is 0.371 e. The van der Waals surface area contributed by atoms with Crippen molar-refractivity contribution in [2.24, 2.45) is 0 Å². The lowest BCUT2D eigenvalue weighted by molar-refractivity contribution is -0.0295. The van der Waals surface area contributed by atoms with E-state index in [1.54, 1.807) is 24.3 Å². The van der Waals surface area contributed by atoms with Crippen molar-refractivity contribution in [1.29, 1.82) is 0 Å². The molecule has 1 heterocycles. The van der Waals surface area contributed by atoms with Crippen LogP contribution in [0.15, 0.2) is 71.6 Å². The first-order valence-electron chi connectivity index (χ1n) is 8.37. The molecule has 0 saturated carbocycles. The minimum Gasteiger partial charge on any atom is -0.371 e. The van der Waals surface area contributed by atoms with E-state index in [1.165, 1.54) is 16.4 Å². The molecular weight excluding hydrogens is 353 g/mol. The average Bonchev–Trinajstić information content (AvgIpc) is 2.61. The van der Waals surface area contributed by atoms with Crippen LogP contribution in [0, 0.1) is 5.82 Å². The van der Waals surface area contributed by atoms with Gasteiger partial charge in [0.2, 0.25) is 10.0 Å². The molecule has 1 aliphatic rings. The summed E-state index contributed by atoms with van der Waals surface area (Å²) in [6.07, 6.45) is -0.143. The second-order valence-electron chi connectivity index (χ2n) is 6.39. The second-order valence-corrected chi connectivity index (χ2v) is 8.33. The minimum absolute atomic E-state index is 0.143. The van der Waals surface area contributed by atoms with Gasteiger partial charge in [0.15, 0.2) is 0 Å². The van der Waals surface area contributed by atoms with Crippen molar-refractivity contribution in [2.45, 2.75) is 17.6 Å². The molecule has 0 bridgehead atoms. The zero-order chi connectivity index (χ0) is 18.1. The van der Waals surface area contributed by atoms with Crippen LogP contribution in [-0.2, 0) is 21.4 Å². The highest BCUT2D eigenvalue weighted by Gasteiger charge is 2.37. The summed E-state index contributed by atoms with van der Waals surface area (Å²) in [5.74, 6) is -0.287. The van der Waals surface area contributed by atoms with Crippen LogP contribution in [0.1, 0.15) is 5.56 Å². The van der Waals surface area contributed by atoms with Crippen molar-refractivity contribution < 1.29 is 17.5 Å². The molecule has 0 spiro atoms. The Balaban J connectivity index is 1.39. The van der Waals surface area contributed by atoms with Crippen LogP contribution in [0.2, 0.25) is 0 Å². The first kappa shape index (κ1) is 17.1. The highest BCUT2D eigenvalue weighted by Crippen LogP contribution is 2.26. The lowest BCUT2D eigenvalue weighted by Gasteiger charge is -2.37. The Morgan fingerprint density at radius 3 is 2.38 bits per heavy atom. The van der Waals surface area contributed by atoms with E-state index >= 15 is 0 Å². The van der Waals surface area contributed by atoms with Crippen molar-refractivity contribution in [3.8, 4) is 0 Å². The van der Waals surface area contributed by atoms with Crippen LogP contribution in [0.3, 0.4) is 0 Å². The maximum absolute atomic E-state index is 12.9. The Hall–Kier alpha value is -2.28. The smallest absolute Gasteiger partial charge is 0.243 e.